The van der Waals surface area contributed by atoms with E-state index in [-0.39, 0.29) is 0 Å². The van der Waals surface area contributed by atoms with Gasteiger partial charge in [-0.05, 0) is 49.1 Å². The smallest absolute Gasteiger partial charge is 0.0702 e. The summed E-state index contributed by atoms with van der Waals surface area (Å²) in [5.74, 6) is 0.876. The molecular formula is C18H25N3. The molecule has 0 spiro atoms. The number of aromatic nitrogens is 1. The van der Waals surface area contributed by atoms with E-state index in [0.717, 1.165) is 18.0 Å². The van der Waals surface area contributed by atoms with Gasteiger partial charge in [0.1, 0.15) is 0 Å². The molecule has 1 aliphatic carbocycles. The predicted molar refractivity (Wildman–Crippen MR) is 88.1 cm³/mol. The van der Waals surface area contributed by atoms with E-state index >= 15 is 0 Å². The Balaban J connectivity index is 1.84. The summed E-state index contributed by atoms with van der Waals surface area (Å²) in [6, 6.07) is 11.0. The van der Waals surface area contributed by atoms with Gasteiger partial charge in [0, 0.05) is 30.7 Å². The van der Waals surface area contributed by atoms with Gasteiger partial charge in [0.05, 0.1) is 5.52 Å². The number of hydrogen-bond acceptors (Lipinski definition) is 3. The second kappa shape index (κ2) is 6.54. The molecule has 0 radical (unpaired) electrons. The summed E-state index contributed by atoms with van der Waals surface area (Å²) in [5.41, 5.74) is 8.48. The maximum Gasteiger partial charge on any atom is 0.0702 e. The molecule has 1 unspecified atom stereocenters. The molecule has 3 heteroatoms. The summed E-state index contributed by atoms with van der Waals surface area (Å²) in [6.07, 6.45) is 6.01. The Morgan fingerprint density at radius 2 is 2.19 bits per heavy atom. The number of pyridine rings is 1. The highest BCUT2D eigenvalue weighted by atomic mass is 15.2. The summed E-state index contributed by atoms with van der Waals surface area (Å²) in [4.78, 5) is 6.94. The van der Waals surface area contributed by atoms with E-state index in [0.29, 0.717) is 12.6 Å². The largest absolute Gasteiger partial charge is 0.329 e. The average Bonchev–Trinajstić information content (AvgIpc) is 2.49. The molecule has 1 aromatic heterocycles. The van der Waals surface area contributed by atoms with Crippen molar-refractivity contribution in [3.8, 4) is 0 Å². The van der Waals surface area contributed by atoms with Crippen LogP contribution in [-0.2, 0) is 0 Å². The first-order valence-corrected chi connectivity index (χ1v) is 8.10. The molecule has 1 atom stereocenters. The zero-order chi connectivity index (χ0) is 14.7. The number of nitrogens with zero attached hydrogens (tertiary/aromatic N) is 2. The standard InChI is InChI=1S/C18H25N3/c1-2-21(13-14-5-3-6-14)18(12-19)16-8-9-17-15(11-16)7-4-10-20-17/h4,7-11,14,18H,2-3,5-6,12-13,19H2,1H3. The third-order valence-electron chi connectivity index (χ3n) is 4.80. The van der Waals surface area contributed by atoms with Crippen LogP contribution in [0, 0.1) is 5.92 Å². The zero-order valence-corrected chi connectivity index (χ0v) is 12.8. The molecule has 0 aliphatic heterocycles. The van der Waals surface area contributed by atoms with Gasteiger partial charge >= 0.3 is 0 Å². The van der Waals surface area contributed by atoms with Gasteiger partial charge in [-0.3, -0.25) is 9.88 Å². The van der Waals surface area contributed by atoms with Crippen LogP contribution in [-0.4, -0.2) is 29.5 Å². The van der Waals surface area contributed by atoms with E-state index in [2.05, 4.69) is 41.1 Å². The van der Waals surface area contributed by atoms with E-state index in [4.69, 9.17) is 5.73 Å². The number of nitrogens with two attached hydrogens (primary N) is 1. The van der Waals surface area contributed by atoms with E-state index < -0.39 is 0 Å². The van der Waals surface area contributed by atoms with E-state index in [1.807, 2.05) is 12.3 Å². The number of benzene rings is 1. The molecule has 112 valence electrons. The fraction of sp³-hybridized carbons (Fsp3) is 0.500. The highest BCUT2D eigenvalue weighted by molar-refractivity contribution is 5.79. The normalized spacial score (nSPS) is 17.1. The first-order chi connectivity index (χ1) is 10.3. The molecule has 1 aliphatic rings. The quantitative estimate of drug-likeness (QED) is 0.884. The van der Waals surface area contributed by atoms with Crippen molar-refractivity contribution >= 4 is 10.9 Å². The fourth-order valence-corrected chi connectivity index (χ4v) is 3.28. The molecule has 1 aromatic carbocycles. The van der Waals surface area contributed by atoms with Gasteiger partial charge in [-0.2, -0.15) is 0 Å². The zero-order valence-electron chi connectivity index (χ0n) is 12.8. The van der Waals surface area contributed by atoms with Crippen LogP contribution in [0.4, 0.5) is 0 Å². The minimum Gasteiger partial charge on any atom is -0.329 e. The number of fused-ring (bicyclic) bond motifs is 1. The van der Waals surface area contributed by atoms with Crippen molar-refractivity contribution in [2.75, 3.05) is 19.6 Å². The van der Waals surface area contributed by atoms with E-state index in [9.17, 15) is 0 Å². The second-order valence-corrected chi connectivity index (χ2v) is 6.09. The topological polar surface area (TPSA) is 42.1 Å². The third kappa shape index (κ3) is 3.09. The van der Waals surface area contributed by atoms with Crippen LogP contribution < -0.4 is 5.73 Å². The highest BCUT2D eigenvalue weighted by Crippen LogP contribution is 2.30. The SMILES string of the molecule is CCN(CC1CCC1)C(CN)c1ccc2ncccc2c1. The maximum atomic E-state index is 6.10. The Morgan fingerprint density at radius 1 is 1.33 bits per heavy atom. The molecule has 21 heavy (non-hydrogen) atoms. The van der Waals surface area contributed by atoms with Crippen LogP contribution in [0.25, 0.3) is 10.9 Å². The van der Waals surface area contributed by atoms with Crippen LogP contribution >= 0.6 is 0 Å². The Labute approximate surface area is 127 Å². The molecule has 1 heterocycles. The van der Waals surface area contributed by atoms with Crippen molar-refractivity contribution in [2.24, 2.45) is 11.7 Å². The van der Waals surface area contributed by atoms with Crippen LogP contribution in [0.15, 0.2) is 36.5 Å². The van der Waals surface area contributed by atoms with Gasteiger partial charge in [-0.15, -0.1) is 0 Å². The van der Waals surface area contributed by atoms with Crippen LogP contribution in [0.2, 0.25) is 0 Å². The lowest BCUT2D eigenvalue weighted by atomic mass is 9.84. The summed E-state index contributed by atoms with van der Waals surface area (Å²) in [6.45, 7) is 5.16. The van der Waals surface area contributed by atoms with Crippen molar-refractivity contribution in [1.29, 1.82) is 0 Å². The summed E-state index contributed by atoms with van der Waals surface area (Å²) >= 11 is 0. The predicted octanol–water partition coefficient (Wildman–Crippen LogP) is 3.36. The number of hydrogen-bond donors (Lipinski definition) is 1. The van der Waals surface area contributed by atoms with Crippen molar-refractivity contribution in [3.05, 3.63) is 42.1 Å². The monoisotopic (exact) mass is 283 g/mol. The number of likely N-dealkylation sites (N-methyl/N-ethyl adjacent to an activating group) is 1. The van der Waals surface area contributed by atoms with Crippen molar-refractivity contribution in [1.82, 2.24) is 9.88 Å². The van der Waals surface area contributed by atoms with Gasteiger partial charge in [0.25, 0.3) is 0 Å². The lowest BCUT2D eigenvalue weighted by Gasteiger charge is -2.36. The molecule has 0 saturated heterocycles. The van der Waals surface area contributed by atoms with Crippen molar-refractivity contribution < 1.29 is 0 Å². The Kier molecular flexibility index (Phi) is 4.51. The van der Waals surface area contributed by atoms with Gasteiger partial charge in [0.2, 0.25) is 0 Å². The van der Waals surface area contributed by atoms with Crippen LogP contribution in [0.1, 0.15) is 37.8 Å². The lowest BCUT2D eigenvalue weighted by Crippen LogP contribution is -2.38. The molecule has 1 saturated carbocycles. The number of rotatable bonds is 6. The van der Waals surface area contributed by atoms with Crippen LogP contribution in [0.5, 0.6) is 0 Å². The molecule has 3 nitrogen and oxygen atoms in total. The minimum atomic E-state index is 0.320. The summed E-state index contributed by atoms with van der Waals surface area (Å²) in [5, 5.41) is 1.20. The lowest BCUT2D eigenvalue weighted by molar-refractivity contribution is 0.141. The van der Waals surface area contributed by atoms with E-state index in [1.54, 1.807) is 0 Å². The molecule has 0 amide bonds. The minimum absolute atomic E-state index is 0.320. The first kappa shape index (κ1) is 14.5. The maximum absolute atomic E-state index is 6.10. The van der Waals surface area contributed by atoms with Crippen LogP contribution in [0.3, 0.4) is 0 Å². The summed E-state index contributed by atoms with van der Waals surface area (Å²) in [7, 11) is 0. The molecule has 3 rings (SSSR count). The van der Waals surface area contributed by atoms with E-state index in [1.165, 1.54) is 36.8 Å². The Bertz CT molecular complexity index is 592. The molecule has 2 N–H and O–H groups in total. The molecule has 2 aromatic rings. The third-order valence-corrected chi connectivity index (χ3v) is 4.80. The van der Waals surface area contributed by atoms with Gasteiger partial charge < -0.3 is 5.73 Å². The van der Waals surface area contributed by atoms with Gasteiger partial charge in [0.15, 0.2) is 0 Å². The highest BCUT2D eigenvalue weighted by Gasteiger charge is 2.24. The fourth-order valence-electron chi connectivity index (χ4n) is 3.28. The summed E-state index contributed by atoms with van der Waals surface area (Å²) < 4.78 is 0. The Morgan fingerprint density at radius 3 is 2.86 bits per heavy atom. The van der Waals surface area contributed by atoms with Gasteiger partial charge in [-0.1, -0.05) is 25.5 Å². The molecular weight excluding hydrogens is 258 g/mol. The van der Waals surface area contributed by atoms with Crippen molar-refractivity contribution in [3.63, 3.8) is 0 Å². The average molecular weight is 283 g/mol. The molecule has 1 fully saturated rings. The van der Waals surface area contributed by atoms with Gasteiger partial charge in [-0.25, -0.2) is 0 Å². The second-order valence-electron chi connectivity index (χ2n) is 6.09. The van der Waals surface area contributed by atoms with Crippen molar-refractivity contribution in [2.45, 2.75) is 32.2 Å². The molecule has 0 bridgehead atoms. The Hall–Kier alpha value is -1.45. The first-order valence-electron chi connectivity index (χ1n) is 8.10.